The predicted molar refractivity (Wildman–Crippen MR) is 151 cm³/mol. The van der Waals surface area contributed by atoms with Crippen LogP contribution in [0.3, 0.4) is 0 Å². The van der Waals surface area contributed by atoms with Gasteiger partial charge in [-0.05, 0) is 70.4 Å². The van der Waals surface area contributed by atoms with Crippen molar-refractivity contribution in [2.45, 2.75) is 0 Å². The van der Waals surface area contributed by atoms with Gasteiger partial charge in [0.1, 0.15) is 0 Å². The van der Waals surface area contributed by atoms with Gasteiger partial charge in [0, 0.05) is 16.8 Å². The minimum absolute atomic E-state index is 1.16. The van der Waals surface area contributed by atoms with Gasteiger partial charge in [-0.1, -0.05) is 84.9 Å². The quantitative estimate of drug-likeness (QED) is 0.241. The molecule has 0 saturated heterocycles. The summed E-state index contributed by atoms with van der Waals surface area (Å²) in [5, 5.41) is 2.52. The van der Waals surface area contributed by atoms with Crippen molar-refractivity contribution in [3.63, 3.8) is 0 Å². The number of hydrogen-bond donors (Lipinski definition) is 0. The van der Waals surface area contributed by atoms with Crippen molar-refractivity contribution < 1.29 is 0 Å². The van der Waals surface area contributed by atoms with E-state index in [4.69, 9.17) is 0 Å². The van der Waals surface area contributed by atoms with Gasteiger partial charge in [-0.2, -0.15) is 0 Å². The fourth-order valence-corrected chi connectivity index (χ4v) is 5.94. The number of fused-ring (bicyclic) bond motifs is 8. The highest BCUT2D eigenvalue weighted by atomic mass is 15.3. The summed E-state index contributed by atoms with van der Waals surface area (Å²) in [6.07, 6.45) is 0. The first-order valence-electron chi connectivity index (χ1n) is 12.4. The molecule has 0 spiro atoms. The van der Waals surface area contributed by atoms with Crippen LogP contribution in [0.15, 0.2) is 133 Å². The Labute approximate surface area is 210 Å². The number of nitrogens with zero attached hydrogens (tertiary/aromatic N) is 2. The lowest BCUT2D eigenvalue weighted by molar-refractivity contribution is 1.18. The molecule has 6 aromatic carbocycles. The second kappa shape index (κ2) is 7.34. The van der Waals surface area contributed by atoms with Crippen LogP contribution in [0.25, 0.3) is 33.0 Å². The normalized spacial score (nSPS) is 12.9. The smallest absolute Gasteiger partial charge is 0.0782 e. The Hall–Kier alpha value is -4.82. The highest BCUT2D eigenvalue weighted by Gasteiger charge is 2.35. The Morgan fingerprint density at radius 2 is 0.861 bits per heavy atom. The van der Waals surface area contributed by atoms with Crippen molar-refractivity contribution in [2.75, 3.05) is 9.80 Å². The van der Waals surface area contributed by atoms with E-state index in [1.165, 1.54) is 61.5 Å². The average molecular weight is 459 g/mol. The standard InChI is InChI=1S/C34H22N2/c1-2-13-25(14-3-1)35-31-18-8-9-19-32(31)36-30-17-7-6-15-26(30)28-21-23-11-4-5-12-24(23)22-29(28)27-16-10-20-33(35)34(27)36/h1-22H. The first-order valence-corrected chi connectivity index (χ1v) is 12.4. The summed E-state index contributed by atoms with van der Waals surface area (Å²) >= 11 is 0. The second-order valence-electron chi connectivity index (χ2n) is 9.43. The lowest BCUT2D eigenvalue weighted by atomic mass is 9.91. The van der Waals surface area contributed by atoms with Gasteiger partial charge in [0.15, 0.2) is 0 Å². The minimum Gasteiger partial charge on any atom is -0.306 e. The van der Waals surface area contributed by atoms with Gasteiger partial charge in [-0.3, -0.25) is 0 Å². The molecular weight excluding hydrogens is 436 g/mol. The van der Waals surface area contributed by atoms with E-state index in [9.17, 15) is 0 Å². The van der Waals surface area contributed by atoms with Crippen LogP contribution >= 0.6 is 0 Å². The summed E-state index contributed by atoms with van der Waals surface area (Å²) in [4.78, 5) is 4.87. The molecule has 0 aromatic heterocycles. The number of para-hydroxylation sites is 5. The molecule has 0 N–H and O–H groups in total. The van der Waals surface area contributed by atoms with Crippen molar-refractivity contribution in [3.8, 4) is 22.3 Å². The summed E-state index contributed by atoms with van der Waals surface area (Å²) in [6.45, 7) is 0. The summed E-state index contributed by atoms with van der Waals surface area (Å²) in [5.74, 6) is 0. The van der Waals surface area contributed by atoms with E-state index in [1.54, 1.807) is 0 Å². The summed E-state index contributed by atoms with van der Waals surface area (Å²) in [6, 6.07) is 48.4. The van der Waals surface area contributed by atoms with Crippen LogP contribution < -0.4 is 9.80 Å². The van der Waals surface area contributed by atoms with Gasteiger partial charge in [0.2, 0.25) is 0 Å². The Bertz CT molecular complexity index is 1800. The van der Waals surface area contributed by atoms with E-state index >= 15 is 0 Å². The summed E-state index contributed by atoms with van der Waals surface area (Å²) in [7, 11) is 0. The minimum atomic E-state index is 1.16. The van der Waals surface area contributed by atoms with Crippen molar-refractivity contribution >= 4 is 44.9 Å². The molecule has 0 unspecified atom stereocenters. The maximum atomic E-state index is 2.47. The van der Waals surface area contributed by atoms with Crippen LogP contribution in [0.1, 0.15) is 0 Å². The van der Waals surface area contributed by atoms with Gasteiger partial charge in [-0.25, -0.2) is 0 Å². The Morgan fingerprint density at radius 1 is 0.333 bits per heavy atom. The lowest BCUT2D eigenvalue weighted by Crippen LogP contribution is -2.24. The Kier molecular flexibility index (Phi) is 3.97. The van der Waals surface area contributed by atoms with Gasteiger partial charge in [-0.15, -0.1) is 0 Å². The average Bonchev–Trinajstić information content (AvgIpc) is 3.06. The van der Waals surface area contributed by atoms with Crippen molar-refractivity contribution in [2.24, 2.45) is 0 Å². The molecule has 0 aliphatic carbocycles. The number of rotatable bonds is 1. The third kappa shape index (κ3) is 2.61. The number of benzene rings is 6. The first kappa shape index (κ1) is 19.5. The zero-order chi connectivity index (χ0) is 23.6. The van der Waals surface area contributed by atoms with Crippen LogP contribution in [-0.4, -0.2) is 0 Å². The molecule has 0 bridgehead atoms. The molecule has 2 nitrogen and oxygen atoms in total. The van der Waals surface area contributed by atoms with E-state index < -0.39 is 0 Å². The van der Waals surface area contributed by atoms with Gasteiger partial charge >= 0.3 is 0 Å². The van der Waals surface area contributed by atoms with Gasteiger partial charge < -0.3 is 9.80 Å². The fraction of sp³-hybridized carbons (Fsp3) is 0. The number of hydrogen-bond acceptors (Lipinski definition) is 2. The summed E-state index contributed by atoms with van der Waals surface area (Å²) in [5.41, 5.74) is 12.2. The van der Waals surface area contributed by atoms with E-state index in [1.807, 2.05) is 0 Å². The van der Waals surface area contributed by atoms with Crippen molar-refractivity contribution in [3.05, 3.63) is 133 Å². The summed E-state index contributed by atoms with van der Waals surface area (Å²) < 4.78 is 0. The highest BCUT2D eigenvalue weighted by molar-refractivity contribution is 6.13. The predicted octanol–water partition coefficient (Wildman–Crippen LogP) is 9.74. The molecule has 2 aliphatic heterocycles. The Morgan fingerprint density at radius 3 is 1.61 bits per heavy atom. The molecule has 0 radical (unpaired) electrons. The molecule has 0 amide bonds. The van der Waals surface area contributed by atoms with E-state index in [0.717, 1.165) is 5.69 Å². The van der Waals surface area contributed by atoms with Crippen LogP contribution in [-0.2, 0) is 0 Å². The van der Waals surface area contributed by atoms with Crippen LogP contribution in [0.2, 0.25) is 0 Å². The third-order valence-electron chi connectivity index (χ3n) is 7.47. The molecule has 2 heteroatoms. The molecular formula is C34H22N2. The molecule has 2 aliphatic rings. The zero-order valence-electron chi connectivity index (χ0n) is 19.6. The number of anilines is 6. The van der Waals surface area contributed by atoms with E-state index in [0.29, 0.717) is 0 Å². The van der Waals surface area contributed by atoms with E-state index in [2.05, 4.69) is 143 Å². The molecule has 0 fully saturated rings. The molecule has 6 aromatic rings. The monoisotopic (exact) mass is 458 g/mol. The maximum Gasteiger partial charge on any atom is 0.0782 e. The first-order chi connectivity index (χ1) is 17.9. The molecule has 2 heterocycles. The highest BCUT2D eigenvalue weighted by Crippen LogP contribution is 2.60. The molecule has 36 heavy (non-hydrogen) atoms. The Balaban J connectivity index is 1.55. The third-order valence-corrected chi connectivity index (χ3v) is 7.47. The molecule has 168 valence electrons. The largest absolute Gasteiger partial charge is 0.306 e. The zero-order valence-corrected chi connectivity index (χ0v) is 19.6. The molecule has 0 saturated carbocycles. The van der Waals surface area contributed by atoms with Crippen LogP contribution in [0.4, 0.5) is 34.1 Å². The topological polar surface area (TPSA) is 6.48 Å². The van der Waals surface area contributed by atoms with E-state index in [-0.39, 0.29) is 0 Å². The van der Waals surface area contributed by atoms with Crippen LogP contribution in [0, 0.1) is 0 Å². The fourth-order valence-electron chi connectivity index (χ4n) is 5.94. The molecule has 0 atom stereocenters. The molecule has 8 rings (SSSR count). The van der Waals surface area contributed by atoms with Gasteiger partial charge in [0.05, 0.1) is 28.4 Å². The van der Waals surface area contributed by atoms with Crippen LogP contribution in [0.5, 0.6) is 0 Å². The lowest BCUT2D eigenvalue weighted by Gasteiger charge is -2.41. The second-order valence-corrected chi connectivity index (χ2v) is 9.43. The van der Waals surface area contributed by atoms with Crippen molar-refractivity contribution in [1.29, 1.82) is 0 Å². The van der Waals surface area contributed by atoms with Gasteiger partial charge in [0.25, 0.3) is 0 Å². The SMILES string of the molecule is c1ccc(N2c3ccccc3N3c4ccccc4-c4cc5ccccc5cc4-c4cccc2c43)cc1. The maximum absolute atomic E-state index is 2.47. The van der Waals surface area contributed by atoms with Crippen molar-refractivity contribution in [1.82, 2.24) is 0 Å².